The zero-order chi connectivity index (χ0) is 19.9. The smallest absolute Gasteiger partial charge is 0.223 e. The number of hydrogen-bond donors (Lipinski definition) is 1. The van der Waals surface area contributed by atoms with Gasteiger partial charge in [-0.3, -0.25) is 9.69 Å². The van der Waals surface area contributed by atoms with Crippen LogP contribution in [0.25, 0.3) is 0 Å². The van der Waals surface area contributed by atoms with Gasteiger partial charge in [-0.25, -0.2) is 4.39 Å². The number of piperidine rings is 1. The maximum Gasteiger partial charge on any atom is 0.223 e. The summed E-state index contributed by atoms with van der Waals surface area (Å²) in [6, 6.07) is 12.6. The maximum absolute atomic E-state index is 13.9. The zero-order valence-corrected chi connectivity index (χ0v) is 16.8. The molecule has 1 N–H and O–H groups in total. The molecule has 0 aromatic heterocycles. The zero-order valence-electron chi connectivity index (χ0n) is 16.1. The van der Waals surface area contributed by atoms with E-state index in [9.17, 15) is 9.18 Å². The van der Waals surface area contributed by atoms with Gasteiger partial charge in [0.1, 0.15) is 18.2 Å². The average Bonchev–Trinajstić information content (AvgIpc) is 2.70. The van der Waals surface area contributed by atoms with Crippen LogP contribution in [-0.4, -0.2) is 37.0 Å². The summed E-state index contributed by atoms with van der Waals surface area (Å²) < 4.78 is 19.6. The number of halogens is 2. The first-order chi connectivity index (χ1) is 13.5. The Morgan fingerprint density at radius 1 is 1.21 bits per heavy atom. The number of rotatable bonds is 7. The summed E-state index contributed by atoms with van der Waals surface area (Å²) in [6.45, 7) is 4.94. The molecule has 1 aliphatic heterocycles. The topological polar surface area (TPSA) is 41.6 Å². The standard InChI is InChI=1S/C22H26ClFN2O2/c1-16-5-7-18(8-6-16)28-14-11-25-22(27)17-9-12-26(13-10-17)15-19-20(23)3-2-4-21(19)24/h2-8,17H,9-15H2,1H3,(H,25,27). The summed E-state index contributed by atoms with van der Waals surface area (Å²) in [4.78, 5) is 14.5. The van der Waals surface area contributed by atoms with Gasteiger partial charge in [0, 0.05) is 23.0 Å². The molecule has 0 radical (unpaired) electrons. The minimum atomic E-state index is -0.277. The van der Waals surface area contributed by atoms with Gasteiger partial charge in [0.05, 0.1) is 6.54 Å². The minimum absolute atomic E-state index is 0.00767. The molecular weight excluding hydrogens is 379 g/mol. The summed E-state index contributed by atoms with van der Waals surface area (Å²) in [5.41, 5.74) is 1.71. The van der Waals surface area contributed by atoms with Crippen molar-refractivity contribution in [2.24, 2.45) is 5.92 Å². The van der Waals surface area contributed by atoms with Gasteiger partial charge in [0.2, 0.25) is 5.91 Å². The first-order valence-corrected chi connectivity index (χ1v) is 10.0. The van der Waals surface area contributed by atoms with Crippen molar-refractivity contribution >= 4 is 17.5 Å². The highest BCUT2D eigenvalue weighted by Gasteiger charge is 2.25. The number of carbonyl (C=O) groups is 1. The van der Waals surface area contributed by atoms with Crippen LogP contribution < -0.4 is 10.1 Å². The molecule has 0 unspecified atom stereocenters. The van der Waals surface area contributed by atoms with Gasteiger partial charge in [0.25, 0.3) is 0 Å². The summed E-state index contributed by atoms with van der Waals surface area (Å²) in [5.74, 6) is 0.587. The quantitative estimate of drug-likeness (QED) is 0.703. The number of nitrogens with zero attached hydrogens (tertiary/aromatic N) is 1. The highest BCUT2D eigenvalue weighted by molar-refractivity contribution is 6.31. The van der Waals surface area contributed by atoms with Crippen LogP contribution in [0, 0.1) is 18.7 Å². The van der Waals surface area contributed by atoms with E-state index < -0.39 is 0 Å². The van der Waals surface area contributed by atoms with Gasteiger partial charge >= 0.3 is 0 Å². The lowest BCUT2D eigenvalue weighted by molar-refractivity contribution is -0.126. The monoisotopic (exact) mass is 404 g/mol. The predicted octanol–water partition coefficient (Wildman–Crippen LogP) is 4.19. The Balaban J connectivity index is 1.37. The van der Waals surface area contributed by atoms with Crippen molar-refractivity contribution in [2.75, 3.05) is 26.2 Å². The van der Waals surface area contributed by atoms with Crippen molar-refractivity contribution in [3.63, 3.8) is 0 Å². The largest absolute Gasteiger partial charge is 0.492 e. The molecule has 2 aromatic rings. The van der Waals surface area contributed by atoms with Crippen LogP contribution in [0.3, 0.4) is 0 Å². The second kappa shape index (κ2) is 9.89. The van der Waals surface area contributed by atoms with E-state index in [0.717, 1.165) is 31.7 Å². The van der Waals surface area contributed by atoms with Crippen LogP contribution >= 0.6 is 11.6 Å². The van der Waals surface area contributed by atoms with Crippen molar-refractivity contribution < 1.29 is 13.9 Å². The molecule has 0 bridgehead atoms. The Bertz CT molecular complexity index is 769. The molecule has 6 heteroatoms. The van der Waals surface area contributed by atoms with Crippen molar-refractivity contribution in [1.29, 1.82) is 0 Å². The Labute approximate surface area is 170 Å². The summed E-state index contributed by atoms with van der Waals surface area (Å²) in [6.07, 6.45) is 1.52. The van der Waals surface area contributed by atoms with E-state index in [4.69, 9.17) is 16.3 Å². The average molecular weight is 405 g/mol. The molecule has 4 nitrogen and oxygen atoms in total. The van der Waals surface area contributed by atoms with Gasteiger partial charge in [-0.15, -0.1) is 0 Å². The number of amides is 1. The first kappa shape index (κ1) is 20.6. The van der Waals surface area contributed by atoms with Gasteiger partial charge in [-0.2, -0.15) is 0 Å². The normalized spacial score (nSPS) is 15.4. The van der Waals surface area contributed by atoms with Crippen LogP contribution in [0.15, 0.2) is 42.5 Å². The molecule has 1 heterocycles. The highest BCUT2D eigenvalue weighted by atomic mass is 35.5. The second-order valence-electron chi connectivity index (χ2n) is 7.20. The van der Waals surface area contributed by atoms with Crippen molar-refractivity contribution in [1.82, 2.24) is 10.2 Å². The summed E-state index contributed by atoms with van der Waals surface area (Å²) in [5, 5.41) is 3.41. The number of ether oxygens (including phenoxy) is 1. The Hall–Kier alpha value is -2.11. The van der Waals surface area contributed by atoms with E-state index in [0.29, 0.717) is 30.3 Å². The van der Waals surface area contributed by atoms with Crippen molar-refractivity contribution in [3.05, 3.63) is 64.4 Å². The summed E-state index contributed by atoms with van der Waals surface area (Å²) >= 11 is 6.11. The summed E-state index contributed by atoms with van der Waals surface area (Å²) in [7, 11) is 0. The van der Waals surface area contributed by atoms with Crippen LogP contribution in [0.2, 0.25) is 5.02 Å². The lowest BCUT2D eigenvalue weighted by Gasteiger charge is -2.31. The number of carbonyl (C=O) groups excluding carboxylic acids is 1. The molecule has 2 aromatic carbocycles. The third-order valence-corrected chi connectivity index (χ3v) is 5.45. The van der Waals surface area contributed by atoms with E-state index in [1.807, 2.05) is 31.2 Å². The van der Waals surface area contributed by atoms with Crippen molar-refractivity contribution in [3.8, 4) is 5.75 Å². The first-order valence-electron chi connectivity index (χ1n) is 9.65. The molecule has 1 fully saturated rings. The molecule has 1 saturated heterocycles. The number of aryl methyl sites for hydroxylation is 1. The van der Waals surface area contributed by atoms with E-state index in [-0.39, 0.29) is 17.6 Å². The number of nitrogens with one attached hydrogen (secondary N) is 1. The van der Waals surface area contributed by atoms with Gasteiger partial charge < -0.3 is 10.1 Å². The fraction of sp³-hybridized carbons (Fsp3) is 0.409. The Morgan fingerprint density at radius 3 is 2.61 bits per heavy atom. The molecule has 3 rings (SSSR count). The molecule has 0 spiro atoms. The molecule has 1 amide bonds. The Kier molecular flexibility index (Phi) is 7.29. The van der Waals surface area contributed by atoms with E-state index >= 15 is 0 Å². The second-order valence-corrected chi connectivity index (χ2v) is 7.61. The van der Waals surface area contributed by atoms with Crippen LogP contribution in [0.4, 0.5) is 4.39 Å². The fourth-order valence-corrected chi connectivity index (χ4v) is 3.60. The van der Waals surface area contributed by atoms with E-state index in [1.54, 1.807) is 12.1 Å². The third-order valence-electron chi connectivity index (χ3n) is 5.09. The molecule has 0 aliphatic carbocycles. The molecule has 1 aliphatic rings. The predicted molar refractivity (Wildman–Crippen MR) is 109 cm³/mol. The van der Waals surface area contributed by atoms with Crippen molar-refractivity contribution in [2.45, 2.75) is 26.3 Å². The minimum Gasteiger partial charge on any atom is -0.492 e. The highest BCUT2D eigenvalue weighted by Crippen LogP contribution is 2.24. The lowest BCUT2D eigenvalue weighted by Crippen LogP contribution is -2.41. The molecule has 28 heavy (non-hydrogen) atoms. The molecular formula is C22H26ClFN2O2. The molecule has 0 saturated carbocycles. The Morgan fingerprint density at radius 2 is 1.93 bits per heavy atom. The lowest BCUT2D eigenvalue weighted by atomic mass is 9.95. The van der Waals surface area contributed by atoms with Gasteiger partial charge in [0.15, 0.2) is 0 Å². The number of likely N-dealkylation sites (tertiary alicyclic amines) is 1. The number of benzene rings is 2. The number of hydrogen-bond acceptors (Lipinski definition) is 3. The SMILES string of the molecule is Cc1ccc(OCCNC(=O)C2CCN(Cc3c(F)cccc3Cl)CC2)cc1. The molecule has 150 valence electrons. The maximum atomic E-state index is 13.9. The third kappa shape index (κ3) is 5.69. The molecule has 0 atom stereocenters. The fourth-order valence-electron chi connectivity index (χ4n) is 3.38. The van der Waals surface area contributed by atoms with E-state index in [2.05, 4.69) is 10.2 Å². The van der Waals surface area contributed by atoms with Crippen LogP contribution in [0.5, 0.6) is 5.75 Å². The van der Waals surface area contributed by atoms with E-state index in [1.165, 1.54) is 11.6 Å². The van der Waals surface area contributed by atoms with Crippen LogP contribution in [0.1, 0.15) is 24.0 Å². The van der Waals surface area contributed by atoms with Gasteiger partial charge in [-0.1, -0.05) is 35.4 Å². The van der Waals surface area contributed by atoms with Gasteiger partial charge in [-0.05, 0) is 57.1 Å². The van der Waals surface area contributed by atoms with Crippen LogP contribution in [-0.2, 0) is 11.3 Å².